The summed E-state index contributed by atoms with van der Waals surface area (Å²) < 4.78 is 19.7. The number of halogens is 1. The van der Waals surface area contributed by atoms with Gasteiger partial charge in [0.05, 0.1) is 24.5 Å². The van der Waals surface area contributed by atoms with Crippen LogP contribution in [0.25, 0.3) is 0 Å². The van der Waals surface area contributed by atoms with E-state index in [-0.39, 0.29) is 40.4 Å². The van der Waals surface area contributed by atoms with Crippen molar-refractivity contribution in [1.82, 2.24) is 15.3 Å². The summed E-state index contributed by atoms with van der Waals surface area (Å²) in [5.74, 6) is -0.601. The lowest BCUT2D eigenvalue weighted by Crippen LogP contribution is -2.47. The van der Waals surface area contributed by atoms with Crippen molar-refractivity contribution < 1.29 is 18.7 Å². The van der Waals surface area contributed by atoms with Crippen molar-refractivity contribution in [2.45, 2.75) is 62.3 Å². The highest BCUT2D eigenvalue weighted by Gasteiger charge is 2.71. The van der Waals surface area contributed by atoms with Gasteiger partial charge in [0.2, 0.25) is 11.8 Å². The van der Waals surface area contributed by atoms with Gasteiger partial charge in [0, 0.05) is 23.4 Å². The number of rotatable bonds is 8. The van der Waals surface area contributed by atoms with Crippen LogP contribution in [0.5, 0.6) is 5.88 Å². The quantitative estimate of drug-likeness (QED) is 0.538. The zero-order valence-electron chi connectivity index (χ0n) is 19.9. The Bertz CT molecular complexity index is 1230. The van der Waals surface area contributed by atoms with E-state index in [0.717, 1.165) is 12.8 Å². The van der Waals surface area contributed by atoms with E-state index in [4.69, 9.17) is 10.5 Å². The molecular weight excluding hydrogens is 469 g/mol. The van der Waals surface area contributed by atoms with Gasteiger partial charge in [0.1, 0.15) is 16.3 Å². The molecule has 184 valence electrons. The van der Waals surface area contributed by atoms with Crippen LogP contribution in [-0.4, -0.2) is 43.7 Å². The number of ketones is 1. The summed E-state index contributed by atoms with van der Waals surface area (Å²) in [7, 11) is 0. The second kappa shape index (κ2) is 8.29. The number of aromatic nitrogens is 2. The molecule has 0 unspecified atom stereocenters. The van der Waals surface area contributed by atoms with Crippen LogP contribution >= 0.6 is 11.8 Å². The molecular formula is C25H28FN5O3S. The van der Waals surface area contributed by atoms with Crippen LogP contribution in [0.2, 0.25) is 0 Å². The predicted octanol–water partition coefficient (Wildman–Crippen LogP) is 3.14. The number of aliphatic imine (C=N–C) groups is 1. The van der Waals surface area contributed by atoms with Crippen LogP contribution < -0.4 is 15.8 Å². The molecule has 2 saturated carbocycles. The molecule has 10 heteroatoms. The van der Waals surface area contributed by atoms with Crippen molar-refractivity contribution in [1.29, 1.82) is 0 Å². The molecule has 3 N–H and O–H groups in total. The Labute approximate surface area is 207 Å². The fourth-order valence-corrected chi connectivity index (χ4v) is 6.17. The summed E-state index contributed by atoms with van der Waals surface area (Å²) in [6, 6.07) is 4.58. The van der Waals surface area contributed by atoms with Crippen molar-refractivity contribution in [2.24, 2.45) is 16.6 Å². The van der Waals surface area contributed by atoms with Gasteiger partial charge in [-0.15, -0.1) is 0 Å². The van der Waals surface area contributed by atoms with Crippen molar-refractivity contribution in [2.75, 3.05) is 6.61 Å². The van der Waals surface area contributed by atoms with Crippen LogP contribution in [0.3, 0.4) is 0 Å². The standard InChI is InChI=1S/C25H28FN5O3S/c1-4-34-20-13-28-17(12-29-20)18(32)10-14-5-6-16(26)15(9-14)24(3)19-11-25(19,35-22(27)31-24)21(33)30-23(2)7-8-23/h5-6,9,12-13,19H,4,7-8,10-11H2,1-3H3,(H2,27,31)(H,30,33)/t19-,24+,25-/m0/s1. The van der Waals surface area contributed by atoms with E-state index >= 15 is 4.39 Å². The first kappa shape index (κ1) is 23.7. The molecule has 2 heterocycles. The Morgan fingerprint density at radius 1 is 1.26 bits per heavy atom. The van der Waals surface area contributed by atoms with Gasteiger partial charge in [-0.05, 0) is 57.7 Å². The van der Waals surface area contributed by atoms with Gasteiger partial charge in [0.25, 0.3) is 0 Å². The van der Waals surface area contributed by atoms with E-state index in [0.29, 0.717) is 30.0 Å². The lowest BCUT2D eigenvalue weighted by molar-refractivity contribution is -0.122. The summed E-state index contributed by atoms with van der Waals surface area (Å²) in [5.41, 5.74) is 6.16. The minimum atomic E-state index is -1.01. The Morgan fingerprint density at radius 2 is 2.03 bits per heavy atom. The second-order valence-electron chi connectivity index (χ2n) is 9.95. The number of amidine groups is 1. The summed E-state index contributed by atoms with van der Waals surface area (Å²) >= 11 is 1.27. The summed E-state index contributed by atoms with van der Waals surface area (Å²) in [6.07, 6.45) is 5.27. The molecule has 5 rings (SSSR count). The number of nitrogens with zero attached hydrogens (tertiary/aromatic N) is 3. The molecule has 0 saturated heterocycles. The third-order valence-corrected chi connectivity index (χ3v) is 8.47. The summed E-state index contributed by atoms with van der Waals surface area (Å²) in [4.78, 5) is 38.8. The number of ether oxygens (including phenoxy) is 1. The van der Waals surface area contributed by atoms with Gasteiger partial charge < -0.3 is 15.8 Å². The van der Waals surface area contributed by atoms with Gasteiger partial charge in [0.15, 0.2) is 11.0 Å². The highest BCUT2D eigenvalue weighted by molar-refractivity contribution is 8.15. The summed E-state index contributed by atoms with van der Waals surface area (Å²) in [6.45, 7) is 6.13. The van der Waals surface area contributed by atoms with Crippen molar-refractivity contribution in [3.05, 3.63) is 53.2 Å². The zero-order valence-corrected chi connectivity index (χ0v) is 20.7. The number of hydrogen-bond acceptors (Lipinski definition) is 8. The average molecular weight is 498 g/mol. The topological polar surface area (TPSA) is 120 Å². The number of amides is 1. The average Bonchev–Trinajstić information content (AvgIpc) is 3.72. The first-order chi connectivity index (χ1) is 16.6. The Hall–Kier alpha value is -3.01. The van der Waals surface area contributed by atoms with Crippen LogP contribution in [0.1, 0.15) is 61.6 Å². The van der Waals surface area contributed by atoms with Crippen molar-refractivity contribution in [3.8, 4) is 5.88 Å². The van der Waals surface area contributed by atoms with E-state index in [1.54, 1.807) is 12.1 Å². The molecule has 0 spiro atoms. The highest BCUT2D eigenvalue weighted by Crippen LogP contribution is 2.66. The van der Waals surface area contributed by atoms with Crippen LogP contribution in [0.4, 0.5) is 4.39 Å². The highest BCUT2D eigenvalue weighted by atomic mass is 32.2. The smallest absolute Gasteiger partial charge is 0.237 e. The number of thioether (sulfide) groups is 1. The molecule has 0 bridgehead atoms. The molecule has 2 fully saturated rings. The molecule has 2 aromatic rings. The first-order valence-electron chi connectivity index (χ1n) is 11.7. The molecule has 1 aromatic carbocycles. The van der Waals surface area contributed by atoms with Crippen LogP contribution in [0, 0.1) is 11.7 Å². The summed E-state index contributed by atoms with van der Waals surface area (Å²) in [5, 5.41) is 3.41. The molecule has 8 nitrogen and oxygen atoms in total. The van der Waals surface area contributed by atoms with E-state index in [2.05, 4.69) is 20.3 Å². The minimum absolute atomic E-state index is 0.0224. The monoisotopic (exact) mass is 497 g/mol. The number of carbonyl (C=O) groups is 2. The second-order valence-corrected chi connectivity index (χ2v) is 11.3. The fourth-order valence-electron chi connectivity index (χ4n) is 4.79. The van der Waals surface area contributed by atoms with Gasteiger partial charge in [-0.25, -0.2) is 14.4 Å². The molecule has 0 radical (unpaired) electrons. The van der Waals surface area contributed by atoms with E-state index in [1.165, 1.54) is 30.2 Å². The maximum atomic E-state index is 15.2. The van der Waals surface area contributed by atoms with Gasteiger partial charge >= 0.3 is 0 Å². The SMILES string of the molecule is CCOc1cnc(C(=O)Cc2ccc(F)c([C@@]3(C)N=C(N)S[C@@]4(C(=O)NC5(C)CC5)C[C@H]43)c2)cn1. The normalized spacial score (nSPS) is 27.9. The van der Waals surface area contributed by atoms with Crippen LogP contribution in [-0.2, 0) is 16.8 Å². The third-order valence-electron chi connectivity index (χ3n) is 7.16. The Kier molecular flexibility index (Phi) is 5.62. The number of Topliss-reactive ketones (excluding diaryl/α,β-unsaturated/α-hetero) is 1. The maximum Gasteiger partial charge on any atom is 0.237 e. The van der Waals surface area contributed by atoms with E-state index in [1.807, 2.05) is 20.8 Å². The molecule has 3 aliphatic rings. The Balaban J connectivity index is 1.39. The van der Waals surface area contributed by atoms with E-state index < -0.39 is 16.1 Å². The predicted molar refractivity (Wildman–Crippen MR) is 131 cm³/mol. The van der Waals surface area contributed by atoms with Gasteiger partial charge in [-0.3, -0.25) is 14.6 Å². The number of carbonyl (C=O) groups excluding carboxylic acids is 2. The number of nitrogens with two attached hydrogens (primary N) is 1. The van der Waals surface area contributed by atoms with E-state index in [9.17, 15) is 9.59 Å². The molecule has 1 aliphatic heterocycles. The number of hydrogen-bond donors (Lipinski definition) is 2. The molecule has 35 heavy (non-hydrogen) atoms. The number of nitrogens with one attached hydrogen (secondary N) is 1. The number of fused-ring (bicyclic) bond motifs is 1. The largest absolute Gasteiger partial charge is 0.477 e. The molecule has 1 amide bonds. The van der Waals surface area contributed by atoms with Crippen molar-refractivity contribution in [3.63, 3.8) is 0 Å². The van der Waals surface area contributed by atoms with Gasteiger partial charge in [-0.1, -0.05) is 17.8 Å². The zero-order chi connectivity index (χ0) is 25.0. The van der Waals surface area contributed by atoms with Crippen LogP contribution in [0.15, 0.2) is 35.6 Å². The molecule has 3 atom stereocenters. The minimum Gasteiger partial charge on any atom is -0.477 e. The Morgan fingerprint density at radius 3 is 2.69 bits per heavy atom. The van der Waals surface area contributed by atoms with Crippen molar-refractivity contribution >= 4 is 28.6 Å². The van der Waals surface area contributed by atoms with Gasteiger partial charge in [-0.2, -0.15) is 0 Å². The lowest BCUT2D eigenvalue weighted by atomic mass is 9.84. The lowest BCUT2D eigenvalue weighted by Gasteiger charge is -2.34. The maximum absolute atomic E-state index is 15.2. The third kappa shape index (κ3) is 4.28. The molecule has 1 aromatic heterocycles. The fraction of sp³-hybridized carbons (Fsp3) is 0.480. The first-order valence-corrected chi connectivity index (χ1v) is 12.5. The molecule has 2 aliphatic carbocycles. The number of benzene rings is 1.